The molecule has 2 aliphatic heterocycles. The summed E-state index contributed by atoms with van der Waals surface area (Å²) < 4.78 is 32.5. The van der Waals surface area contributed by atoms with Crippen molar-refractivity contribution in [3.05, 3.63) is 42.7 Å². The van der Waals surface area contributed by atoms with Gasteiger partial charge in [-0.15, -0.1) is 0 Å². The van der Waals surface area contributed by atoms with Crippen LogP contribution in [0.2, 0.25) is 0 Å². The topological polar surface area (TPSA) is 113 Å². The molecule has 2 N–H and O–H groups in total. The summed E-state index contributed by atoms with van der Waals surface area (Å²) in [6.45, 7) is 5.50. The van der Waals surface area contributed by atoms with E-state index < -0.39 is 10.0 Å². The predicted octanol–water partition coefficient (Wildman–Crippen LogP) is 1.82. The maximum absolute atomic E-state index is 12.5. The maximum Gasteiger partial charge on any atom is 0.217 e. The fourth-order valence-electron chi connectivity index (χ4n) is 4.83. The predicted molar refractivity (Wildman–Crippen MR) is 150 cm³/mol. The molecule has 0 bridgehead atoms. The van der Waals surface area contributed by atoms with Gasteiger partial charge >= 0.3 is 0 Å². The van der Waals surface area contributed by atoms with E-state index in [-0.39, 0.29) is 24.8 Å². The number of ether oxygens (including phenoxy) is 1. The van der Waals surface area contributed by atoms with Gasteiger partial charge in [0, 0.05) is 69.5 Å². The summed E-state index contributed by atoms with van der Waals surface area (Å²) in [6.07, 6.45) is 5.06. The molecule has 3 aliphatic rings. The van der Waals surface area contributed by atoms with E-state index in [9.17, 15) is 8.42 Å². The first-order valence-electron chi connectivity index (χ1n) is 12.6. The molecular formula is C25H33N7O3S2. The number of hydrogen-bond donors (Lipinski definition) is 2. The fraction of sp³-hybridized carbons (Fsp3) is 0.480. The molecular weight excluding hydrogens is 510 g/mol. The van der Waals surface area contributed by atoms with Gasteiger partial charge in [-0.25, -0.2) is 18.4 Å². The van der Waals surface area contributed by atoms with E-state index in [0.717, 1.165) is 53.9 Å². The van der Waals surface area contributed by atoms with Crippen LogP contribution in [-0.4, -0.2) is 91.4 Å². The molecule has 0 spiro atoms. The number of nitrogens with one attached hydrogen (secondary N) is 2. The van der Waals surface area contributed by atoms with Gasteiger partial charge in [-0.05, 0) is 31.0 Å². The van der Waals surface area contributed by atoms with Gasteiger partial charge in [-0.3, -0.25) is 4.98 Å². The van der Waals surface area contributed by atoms with Crippen molar-refractivity contribution < 1.29 is 13.2 Å². The molecule has 2 aromatic heterocycles. The first-order chi connectivity index (χ1) is 17.6. The molecule has 37 heavy (non-hydrogen) atoms. The molecule has 1 atom stereocenters. The minimum atomic E-state index is -3.10. The van der Waals surface area contributed by atoms with Gasteiger partial charge in [0.25, 0.3) is 0 Å². The minimum absolute atomic E-state index is 0. The first-order valence-corrected chi connectivity index (χ1v) is 14.1. The number of nitrogens with zero attached hydrogens (tertiary/aromatic N) is 5. The smallest absolute Gasteiger partial charge is 0.217 e. The summed E-state index contributed by atoms with van der Waals surface area (Å²) in [4.78, 5) is 16.1. The fourth-order valence-corrected chi connectivity index (χ4v) is 6.65. The van der Waals surface area contributed by atoms with Crippen LogP contribution >= 0.6 is 13.5 Å². The van der Waals surface area contributed by atoms with E-state index >= 15 is 0 Å². The quantitative estimate of drug-likeness (QED) is 0.461. The molecule has 1 saturated carbocycles. The lowest BCUT2D eigenvalue weighted by Crippen LogP contribution is -2.49. The van der Waals surface area contributed by atoms with Crippen LogP contribution in [0.25, 0.3) is 22.3 Å². The molecule has 12 heteroatoms. The van der Waals surface area contributed by atoms with Crippen molar-refractivity contribution in [3.63, 3.8) is 0 Å². The zero-order valence-electron chi connectivity index (χ0n) is 20.6. The maximum atomic E-state index is 12.5. The normalized spacial score (nSPS) is 21.0. The first kappa shape index (κ1) is 26.1. The highest BCUT2D eigenvalue weighted by atomic mass is 32.2. The van der Waals surface area contributed by atoms with Gasteiger partial charge in [0.05, 0.1) is 29.2 Å². The molecule has 10 nitrogen and oxygen atoms in total. The summed E-state index contributed by atoms with van der Waals surface area (Å²) in [5.74, 6) is 0.696. The van der Waals surface area contributed by atoms with Crippen molar-refractivity contribution in [1.82, 2.24) is 24.6 Å². The Balaban J connectivity index is 0.00000280. The van der Waals surface area contributed by atoms with E-state index in [2.05, 4.69) is 49.8 Å². The Morgan fingerprint density at radius 3 is 2.51 bits per heavy atom. The second-order valence-electron chi connectivity index (χ2n) is 9.54. The van der Waals surface area contributed by atoms with Gasteiger partial charge in [0.2, 0.25) is 10.0 Å². The Bertz CT molecular complexity index is 1320. The van der Waals surface area contributed by atoms with Crippen LogP contribution in [-0.2, 0) is 14.8 Å². The number of piperazine rings is 1. The number of rotatable bonds is 7. The number of benzene rings is 1. The molecule has 1 aromatic carbocycles. The van der Waals surface area contributed by atoms with Crippen LogP contribution in [0.5, 0.6) is 0 Å². The Morgan fingerprint density at radius 2 is 1.81 bits per heavy atom. The molecule has 3 aromatic rings. The van der Waals surface area contributed by atoms with Crippen LogP contribution in [0.4, 0.5) is 11.5 Å². The summed E-state index contributed by atoms with van der Waals surface area (Å²) in [7, 11) is -3.10. The molecule has 198 valence electrons. The molecule has 4 heterocycles. The number of pyridine rings is 1. The van der Waals surface area contributed by atoms with Gasteiger partial charge in [0.15, 0.2) is 5.82 Å². The molecule has 0 unspecified atom stereocenters. The second-order valence-corrected chi connectivity index (χ2v) is 11.7. The SMILES string of the molecule is O=S(=O)(C1CC1)N1CCN(c2ccc(-c3cc4nccnc4c(NC[C@@H]4CNCCO4)n3)cc2)CC1.S. The second kappa shape index (κ2) is 11.1. The van der Waals surface area contributed by atoms with E-state index in [0.29, 0.717) is 45.1 Å². The van der Waals surface area contributed by atoms with Crippen LogP contribution in [0.3, 0.4) is 0 Å². The molecule has 2 saturated heterocycles. The highest BCUT2D eigenvalue weighted by Crippen LogP contribution is 2.32. The number of sulfonamides is 1. The molecule has 3 fully saturated rings. The van der Waals surface area contributed by atoms with Crippen LogP contribution in [0.15, 0.2) is 42.7 Å². The van der Waals surface area contributed by atoms with Crippen LogP contribution in [0.1, 0.15) is 12.8 Å². The lowest BCUT2D eigenvalue weighted by molar-refractivity contribution is 0.0372. The largest absolute Gasteiger partial charge is 0.374 e. The third-order valence-electron chi connectivity index (χ3n) is 7.03. The van der Waals surface area contributed by atoms with Crippen molar-refractivity contribution in [1.29, 1.82) is 0 Å². The Labute approximate surface area is 224 Å². The monoisotopic (exact) mass is 543 g/mol. The van der Waals surface area contributed by atoms with Crippen LogP contribution in [0, 0.1) is 0 Å². The van der Waals surface area contributed by atoms with Crippen molar-refractivity contribution in [2.75, 3.05) is 62.6 Å². The Morgan fingerprint density at radius 1 is 1.05 bits per heavy atom. The summed E-state index contributed by atoms with van der Waals surface area (Å²) >= 11 is 0. The highest BCUT2D eigenvalue weighted by molar-refractivity contribution is 7.90. The van der Waals surface area contributed by atoms with Crippen molar-refractivity contribution >= 4 is 46.1 Å². The van der Waals surface area contributed by atoms with E-state index in [1.165, 1.54) is 0 Å². The van der Waals surface area contributed by atoms with Gasteiger partial charge < -0.3 is 20.3 Å². The van der Waals surface area contributed by atoms with Crippen molar-refractivity contribution in [2.24, 2.45) is 0 Å². The lowest BCUT2D eigenvalue weighted by atomic mass is 10.1. The number of fused-ring (bicyclic) bond motifs is 1. The third kappa shape index (κ3) is 5.68. The van der Waals surface area contributed by atoms with E-state index in [4.69, 9.17) is 9.72 Å². The summed E-state index contributed by atoms with van der Waals surface area (Å²) in [6, 6.07) is 10.2. The lowest BCUT2D eigenvalue weighted by Gasteiger charge is -2.35. The summed E-state index contributed by atoms with van der Waals surface area (Å²) in [5.41, 5.74) is 4.41. The number of morpholine rings is 1. The van der Waals surface area contributed by atoms with E-state index in [1.54, 1.807) is 16.7 Å². The number of aromatic nitrogens is 3. The van der Waals surface area contributed by atoms with Crippen LogP contribution < -0.4 is 15.5 Å². The standard InChI is InChI=1S/C25H31N7O3S.H2S/c33-36(34,21-5-6-21)32-12-10-31(11-13-32)19-3-1-18(2-4-19)22-15-23-24(28-8-7-27-23)25(30-22)29-17-20-16-26-9-14-35-20;/h1-4,7-8,15,20-21,26H,5-6,9-14,16-17H2,(H,29,30);1H2/t20-;/m0./s1. The number of anilines is 2. The van der Waals surface area contributed by atoms with Crippen molar-refractivity contribution in [3.8, 4) is 11.3 Å². The third-order valence-corrected chi connectivity index (χ3v) is 9.43. The molecule has 0 radical (unpaired) electrons. The minimum Gasteiger partial charge on any atom is -0.374 e. The van der Waals surface area contributed by atoms with Gasteiger partial charge in [-0.1, -0.05) is 12.1 Å². The average molecular weight is 544 g/mol. The number of hydrogen-bond acceptors (Lipinski definition) is 9. The van der Waals surface area contributed by atoms with E-state index in [1.807, 2.05) is 6.07 Å². The van der Waals surface area contributed by atoms with Gasteiger partial charge in [0.1, 0.15) is 5.52 Å². The highest BCUT2D eigenvalue weighted by Gasteiger charge is 2.40. The zero-order chi connectivity index (χ0) is 24.5. The van der Waals surface area contributed by atoms with Gasteiger partial charge in [-0.2, -0.15) is 17.8 Å². The molecule has 6 rings (SSSR count). The summed E-state index contributed by atoms with van der Waals surface area (Å²) in [5, 5.41) is 6.62. The average Bonchev–Trinajstić information content (AvgIpc) is 3.79. The Kier molecular flexibility index (Phi) is 7.82. The molecule has 0 amide bonds. The Hall–Kier alpha value is -2.51. The zero-order valence-corrected chi connectivity index (χ0v) is 22.5. The van der Waals surface area contributed by atoms with Crippen molar-refractivity contribution in [2.45, 2.75) is 24.2 Å². The molecule has 1 aliphatic carbocycles.